The maximum atomic E-state index is 12.8. The summed E-state index contributed by atoms with van der Waals surface area (Å²) >= 11 is 3.43. The van der Waals surface area contributed by atoms with Gasteiger partial charge in [-0.2, -0.15) is 5.10 Å². The fraction of sp³-hybridized carbons (Fsp3) is 0.182. The van der Waals surface area contributed by atoms with Gasteiger partial charge in [-0.1, -0.05) is 52.3 Å². The van der Waals surface area contributed by atoms with Crippen molar-refractivity contribution in [2.75, 3.05) is 0 Å². The van der Waals surface area contributed by atoms with Crippen LogP contribution in [0.4, 0.5) is 0 Å². The van der Waals surface area contributed by atoms with E-state index in [1.165, 1.54) is 5.56 Å². The van der Waals surface area contributed by atoms with E-state index in [9.17, 15) is 4.79 Å². The van der Waals surface area contributed by atoms with Crippen molar-refractivity contribution in [3.63, 3.8) is 0 Å². The Kier molecular flexibility index (Phi) is 4.48. The molecular weight excluding hydrogens is 402 g/mol. The topological polar surface area (TPSA) is 57.8 Å². The van der Waals surface area contributed by atoms with E-state index < -0.39 is 0 Å². The molecule has 1 aliphatic heterocycles. The van der Waals surface area contributed by atoms with Crippen LogP contribution < -0.4 is 5.32 Å². The number of fused-ring (bicyclic) bond motifs is 1. The van der Waals surface area contributed by atoms with Gasteiger partial charge in [-0.05, 0) is 44.0 Å². The van der Waals surface area contributed by atoms with Crippen molar-refractivity contribution in [2.45, 2.75) is 25.8 Å². The minimum Gasteiger partial charge on any atom is -0.379 e. The molecule has 0 aliphatic carbocycles. The minimum absolute atomic E-state index is 0.0964. The Morgan fingerprint density at radius 3 is 2.67 bits per heavy atom. The summed E-state index contributed by atoms with van der Waals surface area (Å²) in [6.45, 7) is 4.28. The van der Waals surface area contributed by atoms with Crippen molar-refractivity contribution in [3.8, 4) is 11.3 Å². The second-order valence-corrected chi connectivity index (χ2v) is 8.35. The van der Waals surface area contributed by atoms with Crippen LogP contribution in [-0.2, 0) is 6.42 Å². The van der Waals surface area contributed by atoms with E-state index in [1.54, 1.807) is 12.1 Å². The number of allylic oxidation sites excluding steroid dienone is 1. The lowest BCUT2D eigenvalue weighted by Crippen LogP contribution is -2.43. The first-order valence-corrected chi connectivity index (χ1v) is 9.64. The fourth-order valence-electron chi connectivity index (χ4n) is 3.43. The molecule has 3 aromatic rings. The first-order chi connectivity index (χ1) is 12.9. The molecule has 2 heterocycles. The Morgan fingerprint density at radius 1 is 1.15 bits per heavy atom. The maximum Gasteiger partial charge on any atom is 0.205 e. The monoisotopic (exact) mass is 421 g/mol. The number of nitrogens with one attached hydrogen (secondary N) is 2. The van der Waals surface area contributed by atoms with Gasteiger partial charge in [0.15, 0.2) is 0 Å². The Morgan fingerprint density at radius 2 is 1.89 bits per heavy atom. The van der Waals surface area contributed by atoms with Gasteiger partial charge in [-0.15, -0.1) is 0 Å². The van der Waals surface area contributed by atoms with Crippen molar-refractivity contribution in [1.82, 2.24) is 15.5 Å². The van der Waals surface area contributed by atoms with Crippen LogP contribution in [0.15, 0.2) is 65.1 Å². The van der Waals surface area contributed by atoms with E-state index in [2.05, 4.69) is 57.4 Å². The Hall–Kier alpha value is -2.66. The molecule has 0 atom stereocenters. The van der Waals surface area contributed by atoms with Crippen LogP contribution in [0.1, 0.15) is 35.5 Å². The number of carbonyl (C=O) groups excluding carboxylic acids is 1. The average molecular weight is 422 g/mol. The SMILES string of the molecule is CC1(C)Cc2ccccc2/C(=C/C(=O)c2cc(-c3ccc(Br)cc3)n[nH]2)N1. The highest BCUT2D eigenvalue weighted by Gasteiger charge is 2.27. The zero-order chi connectivity index (χ0) is 19.0. The second-order valence-electron chi connectivity index (χ2n) is 7.44. The molecule has 0 saturated carbocycles. The number of halogens is 1. The summed E-state index contributed by atoms with van der Waals surface area (Å²) in [5.74, 6) is -0.0964. The molecular formula is C22H20BrN3O. The van der Waals surface area contributed by atoms with Crippen LogP contribution in [0.2, 0.25) is 0 Å². The molecule has 0 fully saturated rings. The van der Waals surface area contributed by atoms with Gasteiger partial charge in [0, 0.05) is 32.9 Å². The molecule has 5 heteroatoms. The molecule has 27 heavy (non-hydrogen) atoms. The summed E-state index contributed by atoms with van der Waals surface area (Å²) < 4.78 is 1.01. The zero-order valence-electron chi connectivity index (χ0n) is 15.2. The van der Waals surface area contributed by atoms with Gasteiger partial charge in [0.05, 0.1) is 5.69 Å². The molecule has 0 spiro atoms. The third-order valence-electron chi connectivity index (χ3n) is 4.67. The summed E-state index contributed by atoms with van der Waals surface area (Å²) in [5, 5.41) is 10.7. The third-order valence-corrected chi connectivity index (χ3v) is 5.20. The molecule has 2 aromatic carbocycles. The lowest BCUT2D eigenvalue weighted by molar-refractivity contribution is 0.104. The average Bonchev–Trinajstić information content (AvgIpc) is 3.11. The Bertz CT molecular complexity index is 1030. The normalized spacial score (nSPS) is 16.6. The Balaban J connectivity index is 1.65. The van der Waals surface area contributed by atoms with Gasteiger partial charge in [-0.25, -0.2) is 0 Å². The molecule has 0 saturated heterocycles. The highest BCUT2D eigenvalue weighted by molar-refractivity contribution is 9.10. The number of ketones is 1. The molecule has 2 N–H and O–H groups in total. The number of aromatic nitrogens is 2. The van der Waals surface area contributed by atoms with Gasteiger partial charge in [-0.3, -0.25) is 9.89 Å². The number of nitrogens with zero attached hydrogens (tertiary/aromatic N) is 1. The maximum absolute atomic E-state index is 12.8. The van der Waals surface area contributed by atoms with Gasteiger partial charge < -0.3 is 5.32 Å². The highest BCUT2D eigenvalue weighted by Crippen LogP contribution is 2.29. The molecule has 136 valence electrons. The number of benzene rings is 2. The number of hydrogen-bond donors (Lipinski definition) is 2. The van der Waals surface area contributed by atoms with Crippen LogP contribution in [-0.4, -0.2) is 21.5 Å². The second kappa shape index (κ2) is 6.82. The molecule has 1 aromatic heterocycles. The zero-order valence-corrected chi connectivity index (χ0v) is 16.8. The predicted octanol–water partition coefficient (Wildman–Crippen LogP) is 4.99. The molecule has 0 radical (unpaired) electrons. The van der Waals surface area contributed by atoms with Gasteiger partial charge in [0.1, 0.15) is 5.69 Å². The van der Waals surface area contributed by atoms with Crippen LogP contribution in [0, 0.1) is 0 Å². The van der Waals surface area contributed by atoms with Crippen LogP contribution >= 0.6 is 15.9 Å². The van der Waals surface area contributed by atoms with E-state index in [-0.39, 0.29) is 11.3 Å². The minimum atomic E-state index is -0.100. The molecule has 0 unspecified atom stereocenters. The van der Waals surface area contributed by atoms with E-state index in [1.807, 2.05) is 36.4 Å². The fourth-order valence-corrected chi connectivity index (χ4v) is 3.69. The van der Waals surface area contributed by atoms with Crippen molar-refractivity contribution < 1.29 is 4.79 Å². The first-order valence-electron chi connectivity index (χ1n) is 8.85. The van der Waals surface area contributed by atoms with Gasteiger partial charge >= 0.3 is 0 Å². The molecule has 0 bridgehead atoms. The Labute approximate surface area is 166 Å². The number of rotatable bonds is 3. The largest absolute Gasteiger partial charge is 0.379 e. The summed E-state index contributed by atoms with van der Waals surface area (Å²) in [5.41, 5.74) is 5.27. The van der Waals surface area contributed by atoms with Crippen molar-refractivity contribution >= 4 is 27.4 Å². The summed E-state index contributed by atoms with van der Waals surface area (Å²) in [7, 11) is 0. The lowest BCUT2D eigenvalue weighted by atomic mass is 9.85. The molecule has 0 amide bonds. The van der Waals surface area contributed by atoms with Crippen molar-refractivity contribution in [3.05, 3.63) is 82.0 Å². The standard InChI is InChI=1S/C22H20BrN3O/c1-22(2)13-15-5-3-4-6-17(15)19(24-22)12-21(27)20-11-18(25-26-20)14-7-9-16(23)10-8-14/h3-12,24H,13H2,1-2H3,(H,25,26)/b19-12-. The van der Waals surface area contributed by atoms with Crippen LogP contribution in [0.3, 0.4) is 0 Å². The van der Waals surface area contributed by atoms with E-state index in [0.717, 1.165) is 33.4 Å². The summed E-state index contributed by atoms with van der Waals surface area (Å²) in [6, 6.07) is 17.9. The number of aromatic amines is 1. The quantitative estimate of drug-likeness (QED) is 0.462. The summed E-state index contributed by atoms with van der Waals surface area (Å²) in [6.07, 6.45) is 2.59. The number of H-pyrrole nitrogens is 1. The third kappa shape index (κ3) is 3.74. The highest BCUT2D eigenvalue weighted by atomic mass is 79.9. The van der Waals surface area contributed by atoms with E-state index in [4.69, 9.17) is 0 Å². The van der Waals surface area contributed by atoms with Crippen LogP contribution in [0.5, 0.6) is 0 Å². The van der Waals surface area contributed by atoms with E-state index in [0.29, 0.717) is 5.69 Å². The number of hydrogen-bond acceptors (Lipinski definition) is 3. The molecule has 1 aliphatic rings. The molecule has 4 rings (SSSR count). The molecule has 4 nitrogen and oxygen atoms in total. The lowest BCUT2D eigenvalue weighted by Gasteiger charge is -2.35. The van der Waals surface area contributed by atoms with Crippen molar-refractivity contribution in [2.24, 2.45) is 0 Å². The van der Waals surface area contributed by atoms with Gasteiger partial charge in [0.2, 0.25) is 5.78 Å². The number of carbonyl (C=O) groups is 1. The van der Waals surface area contributed by atoms with Crippen LogP contribution in [0.25, 0.3) is 17.0 Å². The van der Waals surface area contributed by atoms with Gasteiger partial charge in [0.25, 0.3) is 0 Å². The first kappa shape index (κ1) is 17.7. The summed E-state index contributed by atoms with van der Waals surface area (Å²) in [4.78, 5) is 12.8. The van der Waals surface area contributed by atoms with E-state index >= 15 is 0 Å². The smallest absolute Gasteiger partial charge is 0.205 e. The van der Waals surface area contributed by atoms with Crippen molar-refractivity contribution in [1.29, 1.82) is 0 Å². The predicted molar refractivity (Wildman–Crippen MR) is 111 cm³/mol.